The normalized spacial score (nSPS) is 29.3. The highest BCUT2D eigenvalue weighted by Gasteiger charge is 2.29. The molecule has 0 amide bonds. The zero-order chi connectivity index (χ0) is 11.7. The monoisotopic (exact) mass is 239 g/mol. The summed E-state index contributed by atoms with van der Waals surface area (Å²) in [6.07, 6.45) is 2.46. The number of halogens is 1. The fourth-order valence-electron chi connectivity index (χ4n) is 2.35. The van der Waals surface area contributed by atoms with Crippen LogP contribution in [0.3, 0.4) is 0 Å². The Hall–Kier alpha value is -0.960. The summed E-state index contributed by atoms with van der Waals surface area (Å²) in [5.41, 5.74) is 6.39. The van der Waals surface area contributed by atoms with Crippen molar-refractivity contribution in [2.24, 2.45) is 11.8 Å². The number of pyridine rings is 1. The van der Waals surface area contributed by atoms with Gasteiger partial charge < -0.3 is 11.1 Å². The molecule has 0 radical (unpaired) electrons. The topological polar surface area (TPSA) is 50.9 Å². The maximum atomic E-state index is 5.87. The van der Waals surface area contributed by atoms with Crippen molar-refractivity contribution in [3.63, 3.8) is 0 Å². The van der Waals surface area contributed by atoms with Crippen molar-refractivity contribution < 1.29 is 0 Å². The first-order valence-electron chi connectivity index (χ1n) is 5.76. The maximum absolute atomic E-state index is 5.87. The Morgan fingerprint density at radius 3 is 2.69 bits per heavy atom. The Kier molecular flexibility index (Phi) is 3.24. The number of aromatic nitrogens is 1. The molecular weight excluding hydrogens is 222 g/mol. The largest absolute Gasteiger partial charge is 0.399 e. The van der Waals surface area contributed by atoms with Crippen molar-refractivity contribution in [1.29, 1.82) is 0 Å². The van der Waals surface area contributed by atoms with Gasteiger partial charge in [-0.05, 0) is 30.7 Å². The Labute approximate surface area is 101 Å². The van der Waals surface area contributed by atoms with E-state index in [0.29, 0.717) is 22.8 Å². The third-order valence-electron chi connectivity index (χ3n) is 3.61. The van der Waals surface area contributed by atoms with Crippen LogP contribution in [0, 0.1) is 11.8 Å². The molecule has 0 aromatic carbocycles. The predicted octanol–water partition coefficient (Wildman–Crippen LogP) is 3.16. The van der Waals surface area contributed by atoms with Crippen LogP contribution in [0.2, 0.25) is 5.15 Å². The Bertz CT molecular complexity index is 360. The minimum atomic E-state index is 0.446. The number of rotatable bonds is 2. The van der Waals surface area contributed by atoms with E-state index in [1.54, 1.807) is 6.07 Å². The van der Waals surface area contributed by atoms with Gasteiger partial charge in [0.2, 0.25) is 0 Å². The van der Waals surface area contributed by atoms with Crippen molar-refractivity contribution in [1.82, 2.24) is 4.98 Å². The number of hydrogen-bond acceptors (Lipinski definition) is 3. The van der Waals surface area contributed by atoms with Gasteiger partial charge in [0, 0.05) is 17.8 Å². The first-order valence-corrected chi connectivity index (χ1v) is 6.13. The zero-order valence-electron chi connectivity index (χ0n) is 9.70. The molecule has 2 rings (SSSR count). The number of hydrogen-bond donors (Lipinski definition) is 2. The fourth-order valence-corrected chi connectivity index (χ4v) is 2.57. The van der Waals surface area contributed by atoms with E-state index < -0.39 is 0 Å². The molecule has 0 aliphatic heterocycles. The molecular formula is C12H18ClN3. The summed E-state index contributed by atoms with van der Waals surface area (Å²) in [6, 6.07) is 3.98. The third-order valence-corrected chi connectivity index (χ3v) is 3.81. The summed E-state index contributed by atoms with van der Waals surface area (Å²) >= 11 is 5.87. The summed E-state index contributed by atoms with van der Waals surface area (Å²) in [5, 5.41) is 3.87. The number of anilines is 2. The van der Waals surface area contributed by atoms with Crippen LogP contribution < -0.4 is 11.1 Å². The standard InChI is InChI=1S/C12H18ClN3/c1-7-3-4-10(8(7)2)15-12-6-9(14)5-11(13)16-12/h5-8,10H,3-4H2,1-2H3,(H3,14,15,16). The highest BCUT2D eigenvalue weighted by atomic mass is 35.5. The van der Waals surface area contributed by atoms with Crippen LogP contribution in [0.5, 0.6) is 0 Å². The minimum Gasteiger partial charge on any atom is -0.399 e. The molecule has 1 aliphatic carbocycles. The summed E-state index contributed by atoms with van der Waals surface area (Å²) in [4.78, 5) is 4.23. The molecule has 88 valence electrons. The van der Waals surface area contributed by atoms with Gasteiger partial charge >= 0.3 is 0 Å². The van der Waals surface area contributed by atoms with Gasteiger partial charge in [0.05, 0.1) is 0 Å². The second kappa shape index (κ2) is 4.50. The van der Waals surface area contributed by atoms with E-state index in [4.69, 9.17) is 17.3 Å². The Morgan fingerprint density at radius 1 is 1.38 bits per heavy atom. The van der Waals surface area contributed by atoms with Crippen molar-refractivity contribution in [3.8, 4) is 0 Å². The molecule has 3 unspecified atom stereocenters. The summed E-state index contributed by atoms with van der Waals surface area (Å²) < 4.78 is 0. The minimum absolute atomic E-state index is 0.446. The lowest BCUT2D eigenvalue weighted by Gasteiger charge is -2.20. The summed E-state index contributed by atoms with van der Waals surface area (Å²) in [6.45, 7) is 4.58. The highest BCUT2D eigenvalue weighted by Crippen LogP contribution is 2.33. The first kappa shape index (κ1) is 11.5. The average molecular weight is 240 g/mol. The van der Waals surface area contributed by atoms with E-state index in [0.717, 1.165) is 11.7 Å². The Morgan fingerprint density at radius 2 is 2.12 bits per heavy atom. The van der Waals surface area contributed by atoms with Crippen molar-refractivity contribution in [2.75, 3.05) is 11.1 Å². The zero-order valence-corrected chi connectivity index (χ0v) is 10.5. The second-order valence-corrected chi connectivity index (χ2v) is 5.16. The number of nitrogens with two attached hydrogens (primary N) is 1. The van der Waals surface area contributed by atoms with Gasteiger partial charge in [0.25, 0.3) is 0 Å². The average Bonchev–Trinajstić information content (AvgIpc) is 2.48. The molecule has 3 N–H and O–H groups in total. The molecule has 3 atom stereocenters. The van der Waals surface area contributed by atoms with E-state index in [1.165, 1.54) is 12.8 Å². The van der Waals surface area contributed by atoms with Gasteiger partial charge in [-0.25, -0.2) is 4.98 Å². The molecule has 1 aromatic rings. The van der Waals surface area contributed by atoms with Gasteiger partial charge in [0.15, 0.2) is 0 Å². The highest BCUT2D eigenvalue weighted by molar-refractivity contribution is 6.29. The third kappa shape index (κ3) is 2.40. The fraction of sp³-hybridized carbons (Fsp3) is 0.583. The molecule has 16 heavy (non-hydrogen) atoms. The maximum Gasteiger partial charge on any atom is 0.133 e. The van der Waals surface area contributed by atoms with Crippen LogP contribution in [0.15, 0.2) is 12.1 Å². The van der Waals surface area contributed by atoms with Crippen LogP contribution in [-0.4, -0.2) is 11.0 Å². The van der Waals surface area contributed by atoms with Crippen molar-refractivity contribution in [2.45, 2.75) is 32.7 Å². The van der Waals surface area contributed by atoms with Crippen molar-refractivity contribution >= 4 is 23.1 Å². The molecule has 1 fully saturated rings. The number of nitrogens with one attached hydrogen (secondary N) is 1. The molecule has 0 saturated heterocycles. The molecule has 1 saturated carbocycles. The molecule has 1 heterocycles. The van der Waals surface area contributed by atoms with Crippen LogP contribution in [0.4, 0.5) is 11.5 Å². The summed E-state index contributed by atoms with van der Waals surface area (Å²) in [5.74, 6) is 2.23. The van der Waals surface area contributed by atoms with E-state index in [-0.39, 0.29) is 0 Å². The summed E-state index contributed by atoms with van der Waals surface area (Å²) in [7, 11) is 0. The predicted molar refractivity (Wildman–Crippen MR) is 68.6 cm³/mol. The molecule has 0 bridgehead atoms. The molecule has 3 nitrogen and oxygen atoms in total. The first-order chi connectivity index (χ1) is 7.56. The van der Waals surface area contributed by atoms with Crippen LogP contribution in [0.1, 0.15) is 26.7 Å². The quantitative estimate of drug-likeness (QED) is 0.780. The van der Waals surface area contributed by atoms with Gasteiger partial charge in [-0.1, -0.05) is 25.4 Å². The lowest BCUT2D eigenvalue weighted by Crippen LogP contribution is -2.24. The second-order valence-electron chi connectivity index (χ2n) is 4.77. The molecule has 1 aromatic heterocycles. The van der Waals surface area contributed by atoms with Crippen LogP contribution in [-0.2, 0) is 0 Å². The van der Waals surface area contributed by atoms with Crippen molar-refractivity contribution in [3.05, 3.63) is 17.3 Å². The van der Waals surface area contributed by atoms with E-state index >= 15 is 0 Å². The molecule has 1 aliphatic rings. The lowest BCUT2D eigenvalue weighted by molar-refractivity contribution is 0.435. The van der Waals surface area contributed by atoms with Gasteiger partial charge in [-0.15, -0.1) is 0 Å². The van der Waals surface area contributed by atoms with Crippen LogP contribution in [0.25, 0.3) is 0 Å². The lowest BCUT2D eigenvalue weighted by atomic mass is 9.98. The van der Waals surface area contributed by atoms with Gasteiger partial charge in [-0.3, -0.25) is 0 Å². The van der Waals surface area contributed by atoms with E-state index in [2.05, 4.69) is 24.1 Å². The van der Waals surface area contributed by atoms with E-state index in [9.17, 15) is 0 Å². The van der Waals surface area contributed by atoms with E-state index in [1.807, 2.05) is 6.07 Å². The van der Waals surface area contributed by atoms with Crippen LogP contribution >= 0.6 is 11.6 Å². The Balaban J connectivity index is 2.09. The number of nitrogens with zero attached hydrogens (tertiary/aromatic N) is 1. The van der Waals surface area contributed by atoms with Gasteiger partial charge in [0.1, 0.15) is 11.0 Å². The molecule has 4 heteroatoms. The SMILES string of the molecule is CC1CCC(Nc2cc(N)cc(Cl)n2)C1C. The molecule has 0 spiro atoms. The smallest absolute Gasteiger partial charge is 0.133 e. The number of nitrogen functional groups attached to an aromatic ring is 1. The van der Waals surface area contributed by atoms with Gasteiger partial charge in [-0.2, -0.15) is 0 Å².